The molecule has 2 aliphatic heterocycles. The van der Waals surface area contributed by atoms with Crippen LogP contribution in [0.3, 0.4) is 0 Å². The second-order valence-corrected chi connectivity index (χ2v) is 7.40. The molecule has 0 amide bonds. The van der Waals surface area contributed by atoms with E-state index in [-0.39, 0.29) is 0 Å². The van der Waals surface area contributed by atoms with E-state index in [1.165, 1.54) is 51.6 Å². The molecule has 0 spiro atoms. The molecule has 0 unspecified atom stereocenters. The Bertz CT molecular complexity index is 421. The Labute approximate surface area is 136 Å². The molecule has 2 heterocycles. The molecule has 3 rings (SSSR count). The fourth-order valence-corrected chi connectivity index (χ4v) is 4.74. The van der Waals surface area contributed by atoms with Crippen LogP contribution >= 0.6 is 0 Å². The summed E-state index contributed by atoms with van der Waals surface area (Å²) in [7, 11) is 0. The summed E-state index contributed by atoms with van der Waals surface area (Å²) in [6.45, 7) is 7.58. The van der Waals surface area contributed by atoms with Crippen molar-refractivity contribution in [1.29, 1.82) is 0 Å². The molecule has 1 aliphatic carbocycles. The molecule has 1 saturated carbocycles. The van der Waals surface area contributed by atoms with Crippen molar-refractivity contribution in [2.24, 2.45) is 5.92 Å². The van der Waals surface area contributed by atoms with Gasteiger partial charge in [-0.15, -0.1) is 0 Å². The van der Waals surface area contributed by atoms with Gasteiger partial charge >= 0.3 is 0 Å². The minimum atomic E-state index is -0.730. The Morgan fingerprint density at radius 3 is 2.59 bits per heavy atom. The Hall–Kier alpha value is -0.560. The van der Waals surface area contributed by atoms with Crippen molar-refractivity contribution >= 4 is 0 Å². The van der Waals surface area contributed by atoms with Crippen molar-refractivity contribution in [2.75, 3.05) is 32.7 Å². The van der Waals surface area contributed by atoms with Gasteiger partial charge in [0.15, 0.2) is 0 Å². The zero-order valence-electron chi connectivity index (χ0n) is 14.2. The van der Waals surface area contributed by atoms with E-state index in [1.54, 1.807) is 0 Å². The highest BCUT2D eigenvalue weighted by molar-refractivity contribution is 5.20. The SMILES string of the molecule is CCN1CC[C@@](O)(C#CCN2CCCCC2)[C@H]2CCCC[C@@H]21. The molecule has 124 valence electrons. The largest absolute Gasteiger partial charge is 0.377 e. The van der Waals surface area contributed by atoms with E-state index >= 15 is 0 Å². The minimum Gasteiger partial charge on any atom is -0.377 e. The monoisotopic (exact) mass is 304 g/mol. The summed E-state index contributed by atoms with van der Waals surface area (Å²) < 4.78 is 0. The maximum Gasteiger partial charge on any atom is 0.131 e. The first-order valence-corrected chi connectivity index (χ1v) is 9.42. The van der Waals surface area contributed by atoms with Crippen molar-refractivity contribution in [3.63, 3.8) is 0 Å². The molecule has 3 heteroatoms. The molecular weight excluding hydrogens is 272 g/mol. The van der Waals surface area contributed by atoms with Gasteiger partial charge in [-0.1, -0.05) is 38.0 Å². The predicted molar refractivity (Wildman–Crippen MR) is 90.6 cm³/mol. The van der Waals surface area contributed by atoms with Crippen LogP contribution in [0.15, 0.2) is 0 Å². The highest BCUT2D eigenvalue weighted by Crippen LogP contribution is 2.41. The highest BCUT2D eigenvalue weighted by Gasteiger charge is 2.46. The van der Waals surface area contributed by atoms with E-state index in [1.807, 2.05) is 0 Å². The number of fused-ring (bicyclic) bond motifs is 1. The van der Waals surface area contributed by atoms with Gasteiger partial charge in [0.1, 0.15) is 5.60 Å². The van der Waals surface area contributed by atoms with Gasteiger partial charge < -0.3 is 10.0 Å². The van der Waals surface area contributed by atoms with Crippen molar-refractivity contribution in [1.82, 2.24) is 9.80 Å². The predicted octanol–water partition coefficient (Wildman–Crippen LogP) is 2.49. The van der Waals surface area contributed by atoms with Crippen molar-refractivity contribution in [3.05, 3.63) is 0 Å². The Morgan fingerprint density at radius 2 is 1.82 bits per heavy atom. The molecule has 22 heavy (non-hydrogen) atoms. The van der Waals surface area contributed by atoms with Crippen molar-refractivity contribution in [2.45, 2.75) is 69.9 Å². The number of rotatable bonds is 2. The van der Waals surface area contributed by atoms with Gasteiger partial charge in [0.25, 0.3) is 0 Å². The Balaban J connectivity index is 1.65. The van der Waals surface area contributed by atoms with E-state index in [0.717, 1.165) is 32.5 Å². The van der Waals surface area contributed by atoms with Crippen LogP contribution < -0.4 is 0 Å². The number of hydrogen-bond donors (Lipinski definition) is 1. The van der Waals surface area contributed by atoms with Gasteiger partial charge in [0, 0.05) is 24.9 Å². The molecule has 3 aliphatic rings. The molecule has 3 nitrogen and oxygen atoms in total. The van der Waals surface area contributed by atoms with Crippen LogP contribution in [0.1, 0.15) is 58.3 Å². The van der Waals surface area contributed by atoms with Crippen LogP contribution in [0.2, 0.25) is 0 Å². The molecular formula is C19H32N2O. The first kappa shape index (κ1) is 16.3. The van der Waals surface area contributed by atoms with Crippen LogP contribution in [0.5, 0.6) is 0 Å². The zero-order chi connectivity index (χ0) is 15.4. The van der Waals surface area contributed by atoms with Crippen LogP contribution in [-0.2, 0) is 0 Å². The maximum absolute atomic E-state index is 11.2. The molecule has 0 aromatic carbocycles. The number of nitrogens with zero attached hydrogens (tertiary/aromatic N) is 2. The minimum absolute atomic E-state index is 0.365. The van der Waals surface area contributed by atoms with Crippen LogP contribution in [-0.4, -0.2) is 59.3 Å². The lowest BCUT2D eigenvalue weighted by molar-refractivity contribution is -0.0766. The fraction of sp³-hybridized carbons (Fsp3) is 0.895. The van der Waals surface area contributed by atoms with E-state index in [9.17, 15) is 5.11 Å². The molecule has 3 atom stereocenters. The summed E-state index contributed by atoms with van der Waals surface area (Å²) in [4.78, 5) is 5.02. The second-order valence-electron chi connectivity index (χ2n) is 7.40. The van der Waals surface area contributed by atoms with Crippen LogP contribution in [0.4, 0.5) is 0 Å². The number of aliphatic hydroxyl groups is 1. The van der Waals surface area contributed by atoms with E-state index in [4.69, 9.17) is 0 Å². The standard InChI is InChI=1S/C19H32N2O/c1-2-21-16-12-19(22,17-9-4-5-10-18(17)21)11-8-15-20-13-6-3-7-14-20/h17-18,22H,2-7,9-10,12-16H2,1H3/t17-,18-,19-/m0/s1. The average Bonchev–Trinajstić information content (AvgIpc) is 2.57. The first-order chi connectivity index (χ1) is 10.7. The lowest BCUT2D eigenvalue weighted by Crippen LogP contribution is -2.58. The fourth-order valence-electron chi connectivity index (χ4n) is 4.74. The molecule has 3 fully saturated rings. The summed E-state index contributed by atoms with van der Waals surface area (Å²) in [5, 5.41) is 11.2. The lowest BCUT2D eigenvalue weighted by atomic mass is 9.69. The zero-order valence-corrected chi connectivity index (χ0v) is 14.2. The molecule has 0 bridgehead atoms. The van der Waals surface area contributed by atoms with Crippen LogP contribution in [0, 0.1) is 17.8 Å². The third kappa shape index (κ3) is 3.50. The topological polar surface area (TPSA) is 26.7 Å². The smallest absolute Gasteiger partial charge is 0.131 e. The van der Waals surface area contributed by atoms with Gasteiger partial charge in [0.05, 0.1) is 6.54 Å². The first-order valence-electron chi connectivity index (χ1n) is 9.42. The maximum atomic E-state index is 11.2. The summed E-state index contributed by atoms with van der Waals surface area (Å²) in [6, 6.07) is 0.557. The third-order valence-electron chi connectivity index (χ3n) is 6.05. The van der Waals surface area contributed by atoms with E-state index in [2.05, 4.69) is 28.6 Å². The van der Waals surface area contributed by atoms with Crippen molar-refractivity contribution in [3.8, 4) is 11.8 Å². The Morgan fingerprint density at radius 1 is 1.05 bits per heavy atom. The van der Waals surface area contributed by atoms with Crippen LogP contribution in [0.25, 0.3) is 0 Å². The third-order valence-corrected chi connectivity index (χ3v) is 6.05. The van der Waals surface area contributed by atoms with Gasteiger partial charge in [0.2, 0.25) is 0 Å². The van der Waals surface area contributed by atoms with E-state index in [0.29, 0.717) is 12.0 Å². The molecule has 2 saturated heterocycles. The second kappa shape index (κ2) is 7.34. The summed E-state index contributed by atoms with van der Waals surface area (Å²) in [6.07, 6.45) is 9.78. The lowest BCUT2D eigenvalue weighted by Gasteiger charge is -2.50. The number of likely N-dealkylation sites (tertiary alicyclic amines) is 2. The normalized spacial score (nSPS) is 37.2. The average molecular weight is 304 g/mol. The van der Waals surface area contributed by atoms with Gasteiger partial charge in [-0.3, -0.25) is 4.90 Å². The van der Waals surface area contributed by atoms with Gasteiger partial charge in [-0.05, 0) is 45.3 Å². The molecule has 1 N–H and O–H groups in total. The molecule has 0 aromatic heterocycles. The molecule has 0 aromatic rings. The van der Waals surface area contributed by atoms with Gasteiger partial charge in [-0.25, -0.2) is 0 Å². The van der Waals surface area contributed by atoms with Crippen molar-refractivity contribution < 1.29 is 5.11 Å². The van der Waals surface area contributed by atoms with E-state index < -0.39 is 5.60 Å². The number of piperidine rings is 2. The van der Waals surface area contributed by atoms with Gasteiger partial charge in [-0.2, -0.15) is 0 Å². The Kier molecular flexibility index (Phi) is 5.44. The summed E-state index contributed by atoms with van der Waals surface area (Å²) >= 11 is 0. The summed E-state index contributed by atoms with van der Waals surface area (Å²) in [5.41, 5.74) is -0.730. The quantitative estimate of drug-likeness (QED) is 0.794. The molecule has 0 radical (unpaired) electrons. The summed E-state index contributed by atoms with van der Waals surface area (Å²) in [5.74, 6) is 7.03. The number of hydrogen-bond acceptors (Lipinski definition) is 3. The highest BCUT2D eigenvalue weighted by atomic mass is 16.3.